The molecule has 0 spiro atoms. The molecule has 0 saturated carbocycles. The fourth-order valence-corrected chi connectivity index (χ4v) is 2.58. The predicted octanol–water partition coefficient (Wildman–Crippen LogP) is -5.40. The highest BCUT2D eigenvalue weighted by Gasteiger charge is 2.51. The second-order valence-electron chi connectivity index (χ2n) is 5.53. The van der Waals surface area contributed by atoms with E-state index in [1.54, 1.807) is 0 Å². The van der Waals surface area contributed by atoms with E-state index in [2.05, 4.69) is 0 Å². The van der Waals surface area contributed by atoms with E-state index < -0.39 is 74.6 Å². The first-order valence-corrected chi connectivity index (χ1v) is 7.08. The van der Waals surface area contributed by atoms with Crippen molar-refractivity contribution in [3.05, 3.63) is 0 Å². The summed E-state index contributed by atoms with van der Waals surface area (Å²) >= 11 is 0. The molecule has 11 heteroatoms. The van der Waals surface area contributed by atoms with Crippen LogP contribution in [0.3, 0.4) is 0 Å². The van der Waals surface area contributed by atoms with Gasteiger partial charge in [-0.25, -0.2) is 0 Å². The quantitative estimate of drug-likeness (QED) is 0.238. The van der Waals surface area contributed by atoms with Gasteiger partial charge in [0, 0.05) is 0 Å². The van der Waals surface area contributed by atoms with Gasteiger partial charge in [-0.3, -0.25) is 0 Å². The number of aliphatic hydroxyl groups is 8. The van der Waals surface area contributed by atoms with E-state index in [1.165, 1.54) is 0 Å². The lowest BCUT2D eigenvalue weighted by atomic mass is 9.99. The first kappa shape index (κ1) is 18.9. The van der Waals surface area contributed by atoms with E-state index in [-0.39, 0.29) is 0 Å². The summed E-state index contributed by atoms with van der Waals surface area (Å²) in [4.78, 5) is 0. The van der Waals surface area contributed by atoms with Crippen molar-refractivity contribution in [2.45, 2.75) is 61.4 Å². The molecule has 0 bridgehead atoms. The molecule has 23 heavy (non-hydrogen) atoms. The van der Waals surface area contributed by atoms with Crippen LogP contribution in [0.25, 0.3) is 0 Å². The van der Waals surface area contributed by atoms with Gasteiger partial charge in [0.05, 0.1) is 13.2 Å². The highest BCUT2D eigenvalue weighted by Crippen LogP contribution is 2.29. The summed E-state index contributed by atoms with van der Waals surface area (Å²) in [5.41, 5.74) is 0. The second-order valence-corrected chi connectivity index (χ2v) is 5.53. The molecule has 2 rings (SSSR count). The first-order valence-electron chi connectivity index (χ1n) is 7.08. The topological polar surface area (TPSA) is 190 Å². The lowest BCUT2D eigenvalue weighted by molar-refractivity contribution is -0.328. The van der Waals surface area contributed by atoms with Crippen molar-refractivity contribution >= 4 is 0 Å². The molecule has 0 aromatic heterocycles. The van der Waals surface area contributed by atoms with Gasteiger partial charge in [0.25, 0.3) is 0 Å². The van der Waals surface area contributed by atoms with E-state index >= 15 is 0 Å². The van der Waals surface area contributed by atoms with Crippen LogP contribution in [0.15, 0.2) is 0 Å². The summed E-state index contributed by atoms with van der Waals surface area (Å²) in [6.07, 6.45) is -15.3. The van der Waals surface area contributed by atoms with Gasteiger partial charge in [0.2, 0.25) is 0 Å². The van der Waals surface area contributed by atoms with Crippen molar-refractivity contribution in [2.24, 2.45) is 0 Å². The lowest BCUT2D eigenvalue weighted by Crippen LogP contribution is -2.60. The third kappa shape index (κ3) is 3.65. The average molecular weight is 342 g/mol. The molecule has 0 radical (unpaired) electrons. The summed E-state index contributed by atoms with van der Waals surface area (Å²) in [6, 6.07) is 0. The zero-order chi connectivity index (χ0) is 17.3. The maximum absolute atomic E-state index is 9.93. The molecular weight excluding hydrogens is 320 g/mol. The molecule has 0 aromatic rings. The summed E-state index contributed by atoms with van der Waals surface area (Å²) in [7, 11) is 0. The average Bonchev–Trinajstić information content (AvgIpc) is 2.82. The van der Waals surface area contributed by atoms with Crippen LogP contribution in [0.1, 0.15) is 0 Å². The Labute approximate surface area is 130 Å². The maximum atomic E-state index is 9.93. The molecule has 0 unspecified atom stereocenters. The third-order valence-electron chi connectivity index (χ3n) is 3.96. The Morgan fingerprint density at radius 1 is 0.870 bits per heavy atom. The van der Waals surface area contributed by atoms with Crippen LogP contribution >= 0.6 is 0 Å². The molecule has 2 aliphatic rings. The monoisotopic (exact) mass is 342 g/mol. The van der Waals surface area contributed by atoms with E-state index in [9.17, 15) is 30.6 Å². The molecule has 2 heterocycles. The molecule has 10 atom stereocenters. The summed E-state index contributed by atoms with van der Waals surface area (Å²) in [5.74, 6) is 0. The van der Waals surface area contributed by atoms with E-state index in [0.29, 0.717) is 0 Å². The number of rotatable bonds is 5. The van der Waals surface area contributed by atoms with Crippen LogP contribution in [0.4, 0.5) is 0 Å². The van der Waals surface area contributed by atoms with E-state index in [0.717, 1.165) is 0 Å². The standard InChI is InChI=1S/C12H22O11/c13-1-3(15)9-7(18)8(19)12(22-9)23-10-6(17)5(16)4(2-14)21-11(10)20/h3-20H,1-2H2/t3-,4-,5+,6+,7-,8+,9-,10-,11+,12-/m0/s1. The molecule has 11 nitrogen and oxygen atoms in total. The Bertz CT molecular complexity index is 382. The van der Waals surface area contributed by atoms with Crippen molar-refractivity contribution < 1.29 is 55.1 Å². The van der Waals surface area contributed by atoms with Crippen LogP contribution in [0, 0.1) is 0 Å². The molecule has 0 amide bonds. The lowest BCUT2D eigenvalue weighted by Gasteiger charge is -2.40. The summed E-state index contributed by atoms with van der Waals surface area (Å²) in [6.45, 7) is -1.37. The summed E-state index contributed by atoms with van der Waals surface area (Å²) in [5, 5.41) is 76.4. The van der Waals surface area contributed by atoms with Gasteiger partial charge in [0.1, 0.15) is 48.8 Å². The van der Waals surface area contributed by atoms with Crippen LogP contribution in [-0.2, 0) is 14.2 Å². The Hall–Kier alpha value is -0.440. The van der Waals surface area contributed by atoms with E-state index in [4.69, 9.17) is 24.4 Å². The normalized spacial score (nSPS) is 49.3. The number of hydrogen-bond acceptors (Lipinski definition) is 11. The van der Waals surface area contributed by atoms with Gasteiger partial charge >= 0.3 is 0 Å². The first-order chi connectivity index (χ1) is 10.8. The minimum atomic E-state index is -1.74. The molecule has 8 N–H and O–H groups in total. The largest absolute Gasteiger partial charge is 0.394 e. The zero-order valence-electron chi connectivity index (χ0n) is 12.0. The SMILES string of the molecule is OC[C@@H]1O[C@@H](O)[C@@H](O[C@@H]2O[C@@H]([C@@H](O)CO)[C@@H](O)[C@H]2O)[C@H](O)[C@@H]1O. The van der Waals surface area contributed by atoms with E-state index in [1.807, 2.05) is 0 Å². The molecule has 0 aliphatic carbocycles. The minimum Gasteiger partial charge on any atom is -0.394 e. The van der Waals surface area contributed by atoms with Crippen molar-refractivity contribution in [3.63, 3.8) is 0 Å². The van der Waals surface area contributed by atoms with Gasteiger partial charge in [-0.1, -0.05) is 0 Å². The molecular formula is C12H22O11. The number of hydrogen-bond donors (Lipinski definition) is 8. The predicted molar refractivity (Wildman–Crippen MR) is 68.6 cm³/mol. The molecule has 2 fully saturated rings. The van der Waals surface area contributed by atoms with Crippen LogP contribution < -0.4 is 0 Å². The summed E-state index contributed by atoms with van der Waals surface area (Å²) < 4.78 is 15.1. The van der Waals surface area contributed by atoms with Gasteiger partial charge < -0.3 is 55.1 Å². The second kappa shape index (κ2) is 7.63. The van der Waals surface area contributed by atoms with Gasteiger partial charge in [-0.2, -0.15) is 0 Å². The maximum Gasteiger partial charge on any atom is 0.187 e. The van der Waals surface area contributed by atoms with Crippen molar-refractivity contribution in [2.75, 3.05) is 13.2 Å². The third-order valence-corrected chi connectivity index (χ3v) is 3.96. The van der Waals surface area contributed by atoms with Crippen LogP contribution in [0.5, 0.6) is 0 Å². The molecule has 2 aliphatic heterocycles. The van der Waals surface area contributed by atoms with Crippen LogP contribution in [0.2, 0.25) is 0 Å². The molecule has 2 saturated heterocycles. The minimum absolute atomic E-state index is 0.645. The fraction of sp³-hybridized carbons (Fsp3) is 1.00. The highest BCUT2D eigenvalue weighted by atomic mass is 16.7. The van der Waals surface area contributed by atoms with Gasteiger partial charge in [-0.05, 0) is 0 Å². The Balaban J connectivity index is 2.03. The molecule has 136 valence electrons. The number of ether oxygens (including phenoxy) is 3. The molecule has 0 aromatic carbocycles. The Kier molecular flexibility index (Phi) is 6.27. The highest BCUT2D eigenvalue weighted by molar-refractivity contribution is 4.94. The number of aliphatic hydroxyl groups excluding tert-OH is 8. The smallest absolute Gasteiger partial charge is 0.187 e. The van der Waals surface area contributed by atoms with Crippen molar-refractivity contribution in [1.82, 2.24) is 0 Å². The fourth-order valence-electron chi connectivity index (χ4n) is 2.58. The van der Waals surface area contributed by atoms with Crippen molar-refractivity contribution in [3.8, 4) is 0 Å². The zero-order valence-corrected chi connectivity index (χ0v) is 12.0. The Morgan fingerprint density at radius 3 is 2.09 bits per heavy atom. The van der Waals surface area contributed by atoms with Gasteiger partial charge in [-0.15, -0.1) is 0 Å². The van der Waals surface area contributed by atoms with Crippen molar-refractivity contribution in [1.29, 1.82) is 0 Å². The van der Waals surface area contributed by atoms with Crippen LogP contribution in [-0.4, -0.2) is 115 Å². The Morgan fingerprint density at radius 2 is 1.52 bits per heavy atom. The van der Waals surface area contributed by atoms with Gasteiger partial charge in [0.15, 0.2) is 12.6 Å².